The second kappa shape index (κ2) is 9.23. The summed E-state index contributed by atoms with van der Waals surface area (Å²) in [5.74, 6) is 0. The van der Waals surface area contributed by atoms with Gasteiger partial charge in [-0.15, -0.1) is 12.4 Å². The molecule has 0 aromatic heterocycles. The molecule has 2 bridgehead atoms. The molecule has 24 heavy (non-hydrogen) atoms. The Morgan fingerprint density at radius 3 is 2.54 bits per heavy atom. The quantitative estimate of drug-likeness (QED) is 0.722. The molecule has 6 heteroatoms. The number of nitrogens with one attached hydrogen (secondary N) is 2. The minimum atomic E-state index is 0. The van der Waals surface area contributed by atoms with Crippen molar-refractivity contribution in [2.24, 2.45) is 0 Å². The van der Waals surface area contributed by atoms with Crippen LogP contribution in [0.1, 0.15) is 45.4 Å². The van der Waals surface area contributed by atoms with Gasteiger partial charge in [0.15, 0.2) is 5.11 Å². The van der Waals surface area contributed by atoms with Gasteiger partial charge >= 0.3 is 0 Å². The highest BCUT2D eigenvalue weighted by Crippen LogP contribution is 2.34. The van der Waals surface area contributed by atoms with Gasteiger partial charge in [-0.1, -0.05) is 37.1 Å². The Hall–Kier alpha value is -0.550. The number of halogens is 2. The molecule has 0 aliphatic carbocycles. The molecule has 0 spiro atoms. The smallest absolute Gasteiger partial charge is 0.171 e. The first-order chi connectivity index (χ1) is 11.2. The molecular formula is C18H27Cl2N3S. The van der Waals surface area contributed by atoms with E-state index in [9.17, 15) is 0 Å². The fourth-order valence-corrected chi connectivity index (χ4v) is 4.59. The molecule has 0 saturated carbocycles. The minimum Gasteiger partial charge on any atom is -0.360 e. The summed E-state index contributed by atoms with van der Waals surface area (Å²) in [4.78, 5) is 2.74. The number of anilines is 1. The third-order valence-corrected chi connectivity index (χ3v) is 5.61. The van der Waals surface area contributed by atoms with Crippen LogP contribution in [0.5, 0.6) is 0 Å². The zero-order chi connectivity index (χ0) is 16.2. The lowest BCUT2D eigenvalue weighted by molar-refractivity contribution is 0.0284. The van der Waals surface area contributed by atoms with Gasteiger partial charge in [0, 0.05) is 18.1 Å². The molecule has 2 aliphatic rings. The highest BCUT2D eigenvalue weighted by atomic mass is 35.5. The minimum absolute atomic E-state index is 0. The van der Waals surface area contributed by atoms with Crippen molar-refractivity contribution >= 4 is 47.0 Å². The summed E-state index contributed by atoms with van der Waals surface area (Å²) in [7, 11) is 0. The third-order valence-electron chi connectivity index (χ3n) is 5.06. The van der Waals surface area contributed by atoms with E-state index in [0.29, 0.717) is 16.2 Å². The maximum absolute atomic E-state index is 6.19. The summed E-state index contributed by atoms with van der Waals surface area (Å²) in [6.07, 6.45) is 7.68. The van der Waals surface area contributed by atoms with Crippen LogP contribution < -0.4 is 10.6 Å². The van der Waals surface area contributed by atoms with Crippen LogP contribution in [0.3, 0.4) is 0 Å². The predicted octanol–water partition coefficient (Wildman–Crippen LogP) is 4.84. The molecule has 2 saturated heterocycles. The van der Waals surface area contributed by atoms with Crippen molar-refractivity contribution < 1.29 is 0 Å². The maximum Gasteiger partial charge on any atom is 0.171 e. The van der Waals surface area contributed by atoms with Crippen LogP contribution in [0.4, 0.5) is 5.69 Å². The van der Waals surface area contributed by atoms with E-state index < -0.39 is 0 Å². The predicted molar refractivity (Wildman–Crippen MR) is 110 cm³/mol. The highest BCUT2D eigenvalue weighted by molar-refractivity contribution is 7.80. The van der Waals surface area contributed by atoms with E-state index in [1.807, 2.05) is 24.3 Å². The SMILES string of the molecule is CCCN1C2CCCC1CC(NC(=S)Nc1ccccc1Cl)C2.Cl. The van der Waals surface area contributed by atoms with E-state index in [0.717, 1.165) is 17.8 Å². The van der Waals surface area contributed by atoms with Crippen LogP contribution in [0.2, 0.25) is 5.02 Å². The summed E-state index contributed by atoms with van der Waals surface area (Å²) >= 11 is 11.7. The van der Waals surface area contributed by atoms with Crippen molar-refractivity contribution in [3.05, 3.63) is 29.3 Å². The molecule has 2 N–H and O–H groups in total. The Morgan fingerprint density at radius 1 is 1.25 bits per heavy atom. The third kappa shape index (κ3) is 4.75. The van der Waals surface area contributed by atoms with Crippen LogP contribution in [-0.2, 0) is 0 Å². The molecular weight excluding hydrogens is 361 g/mol. The number of rotatable bonds is 4. The van der Waals surface area contributed by atoms with Gasteiger partial charge in [-0.2, -0.15) is 0 Å². The van der Waals surface area contributed by atoms with Crippen LogP contribution in [0, 0.1) is 0 Å². The average Bonchev–Trinajstić information content (AvgIpc) is 2.50. The number of hydrogen-bond acceptors (Lipinski definition) is 2. The molecule has 1 aromatic rings. The standard InChI is InChI=1S/C18H26ClN3S.ClH/c1-2-10-22-14-6-5-7-15(22)12-13(11-14)20-18(23)21-17-9-4-3-8-16(17)19;/h3-4,8-9,13-15H,2,5-7,10-12H2,1H3,(H2,20,21,23);1H. The van der Waals surface area contributed by atoms with Gasteiger partial charge in [0.1, 0.15) is 0 Å². The van der Waals surface area contributed by atoms with Crippen LogP contribution >= 0.6 is 36.2 Å². The van der Waals surface area contributed by atoms with Crippen molar-refractivity contribution in [3.8, 4) is 0 Å². The van der Waals surface area contributed by atoms with E-state index in [1.54, 1.807) is 0 Å². The number of fused-ring (bicyclic) bond motifs is 2. The normalized spacial score (nSPS) is 26.3. The van der Waals surface area contributed by atoms with Crippen molar-refractivity contribution in [1.29, 1.82) is 0 Å². The molecule has 2 atom stereocenters. The van der Waals surface area contributed by atoms with Crippen molar-refractivity contribution in [2.45, 2.75) is 63.6 Å². The van der Waals surface area contributed by atoms with Gasteiger partial charge in [-0.25, -0.2) is 0 Å². The van der Waals surface area contributed by atoms with E-state index in [1.165, 1.54) is 45.1 Å². The molecule has 1 aromatic carbocycles. The molecule has 2 unspecified atom stereocenters. The number of piperidine rings is 2. The molecule has 2 aliphatic heterocycles. The van der Waals surface area contributed by atoms with Crippen molar-refractivity contribution in [3.63, 3.8) is 0 Å². The van der Waals surface area contributed by atoms with Crippen LogP contribution in [0.15, 0.2) is 24.3 Å². The topological polar surface area (TPSA) is 27.3 Å². The fraction of sp³-hybridized carbons (Fsp3) is 0.611. The zero-order valence-corrected chi connectivity index (χ0v) is 16.5. The Bertz CT molecular complexity index is 541. The lowest BCUT2D eigenvalue weighted by atomic mass is 9.81. The number of thiocarbonyl (C=S) groups is 1. The lowest BCUT2D eigenvalue weighted by Gasteiger charge is -2.49. The van der Waals surface area contributed by atoms with E-state index in [2.05, 4.69) is 22.5 Å². The van der Waals surface area contributed by atoms with Gasteiger partial charge in [-0.05, 0) is 63.0 Å². The first-order valence-corrected chi connectivity index (χ1v) is 9.53. The molecule has 2 heterocycles. The maximum atomic E-state index is 6.19. The van der Waals surface area contributed by atoms with E-state index in [4.69, 9.17) is 23.8 Å². The van der Waals surface area contributed by atoms with E-state index >= 15 is 0 Å². The molecule has 3 rings (SSSR count). The average molecular weight is 388 g/mol. The molecule has 0 amide bonds. The summed E-state index contributed by atoms with van der Waals surface area (Å²) in [5.41, 5.74) is 0.871. The fourth-order valence-electron chi connectivity index (χ4n) is 4.13. The van der Waals surface area contributed by atoms with E-state index in [-0.39, 0.29) is 12.4 Å². The molecule has 2 fully saturated rings. The van der Waals surface area contributed by atoms with Gasteiger partial charge in [0.2, 0.25) is 0 Å². The second-order valence-corrected chi connectivity index (χ2v) is 7.54. The Balaban J connectivity index is 0.00000208. The number of para-hydroxylation sites is 1. The van der Waals surface area contributed by atoms with Crippen LogP contribution in [0.25, 0.3) is 0 Å². The summed E-state index contributed by atoms with van der Waals surface area (Å²) < 4.78 is 0. The largest absolute Gasteiger partial charge is 0.360 e. The summed E-state index contributed by atoms with van der Waals surface area (Å²) in [6, 6.07) is 9.64. The molecule has 134 valence electrons. The zero-order valence-electron chi connectivity index (χ0n) is 14.1. The number of benzene rings is 1. The Labute approximate surface area is 161 Å². The number of hydrogen-bond donors (Lipinski definition) is 2. The monoisotopic (exact) mass is 387 g/mol. The Kier molecular flexibility index (Phi) is 7.60. The number of nitrogens with zero attached hydrogens (tertiary/aromatic N) is 1. The van der Waals surface area contributed by atoms with Crippen LogP contribution in [-0.4, -0.2) is 34.7 Å². The Morgan fingerprint density at radius 2 is 1.92 bits per heavy atom. The first-order valence-electron chi connectivity index (χ1n) is 8.75. The summed E-state index contributed by atoms with van der Waals surface area (Å²) in [6.45, 7) is 3.52. The second-order valence-electron chi connectivity index (χ2n) is 6.72. The van der Waals surface area contributed by atoms with Crippen molar-refractivity contribution in [1.82, 2.24) is 10.2 Å². The molecule has 3 nitrogen and oxygen atoms in total. The van der Waals surface area contributed by atoms with Gasteiger partial charge in [0.05, 0.1) is 10.7 Å². The highest BCUT2D eigenvalue weighted by Gasteiger charge is 2.37. The summed E-state index contributed by atoms with van der Waals surface area (Å²) in [5, 5.41) is 8.14. The first kappa shape index (κ1) is 19.8. The van der Waals surface area contributed by atoms with Gasteiger partial charge in [0.25, 0.3) is 0 Å². The van der Waals surface area contributed by atoms with Gasteiger partial charge < -0.3 is 10.6 Å². The van der Waals surface area contributed by atoms with Gasteiger partial charge in [-0.3, -0.25) is 4.90 Å². The van der Waals surface area contributed by atoms with Crippen molar-refractivity contribution in [2.75, 3.05) is 11.9 Å². The lowest BCUT2D eigenvalue weighted by Crippen LogP contribution is -2.57. The molecule has 0 radical (unpaired) electrons.